The molecule has 1 amide bonds. The molecule has 1 heterocycles. The second kappa shape index (κ2) is 7.63. The Morgan fingerprint density at radius 2 is 2.00 bits per heavy atom. The molecule has 0 radical (unpaired) electrons. The van der Waals surface area contributed by atoms with Crippen LogP contribution in [0.3, 0.4) is 0 Å². The monoisotopic (exact) mass is 497 g/mol. The first-order valence-corrected chi connectivity index (χ1v) is 13.1. The van der Waals surface area contributed by atoms with Gasteiger partial charge in [-0.25, -0.2) is 17.5 Å². The number of hydrogen-bond donors (Lipinski definition) is 1. The lowest BCUT2D eigenvalue weighted by Gasteiger charge is -2.60. The Hall–Kier alpha value is -2.27. The van der Waals surface area contributed by atoms with E-state index >= 15 is 0 Å². The molecule has 4 bridgehead atoms. The Kier molecular flexibility index (Phi) is 5.20. The molecule has 1 N–H and O–H groups in total. The van der Waals surface area contributed by atoms with Crippen molar-refractivity contribution in [2.24, 2.45) is 17.3 Å². The highest BCUT2D eigenvalue weighted by Crippen LogP contribution is 2.64. The fourth-order valence-corrected chi connectivity index (χ4v) is 7.22. The van der Waals surface area contributed by atoms with Crippen LogP contribution in [0.2, 0.25) is 5.02 Å². The summed E-state index contributed by atoms with van der Waals surface area (Å²) in [6, 6.07) is 2.13. The van der Waals surface area contributed by atoms with E-state index in [9.17, 15) is 17.6 Å². The van der Waals surface area contributed by atoms with Crippen LogP contribution in [-0.2, 0) is 15.6 Å². The zero-order valence-electron chi connectivity index (χ0n) is 18.3. The molecule has 12 heteroatoms. The van der Waals surface area contributed by atoms with Crippen LogP contribution in [0.15, 0.2) is 12.1 Å². The third-order valence-electron chi connectivity index (χ3n) is 7.17. The van der Waals surface area contributed by atoms with Gasteiger partial charge in [0.1, 0.15) is 11.6 Å². The molecule has 4 aliphatic carbocycles. The van der Waals surface area contributed by atoms with E-state index in [0.29, 0.717) is 24.3 Å². The van der Waals surface area contributed by atoms with Gasteiger partial charge in [0.15, 0.2) is 5.82 Å². The Bertz CT molecular complexity index is 1220. The predicted molar refractivity (Wildman–Crippen MR) is 117 cm³/mol. The number of aromatic nitrogens is 4. The highest BCUT2D eigenvalue weighted by atomic mass is 35.5. The second-order valence-corrected chi connectivity index (χ2v) is 12.2. The van der Waals surface area contributed by atoms with E-state index in [2.05, 4.69) is 15.4 Å². The summed E-state index contributed by atoms with van der Waals surface area (Å²) in [6.45, 7) is 2.20. The molecule has 0 spiro atoms. The van der Waals surface area contributed by atoms with E-state index in [-0.39, 0.29) is 21.7 Å². The summed E-state index contributed by atoms with van der Waals surface area (Å²) in [4.78, 5) is 13.9. The molecule has 178 valence electrons. The van der Waals surface area contributed by atoms with Gasteiger partial charge in [0.25, 0.3) is 5.91 Å². The molecule has 2 unspecified atom stereocenters. The number of nitrogens with one attached hydrogen (secondary N) is 1. The first kappa shape index (κ1) is 22.5. The van der Waals surface area contributed by atoms with Crippen molar-refractivity contribution in [1.82, 2.24) is 24.9 Å². The zero-order valence-corrected chi connectivity index (χ0v) is 19.9. The number of rotatable bonds is 6. The maximum Gasteiger partial charge on any atom is 0.267 e. The summed E-state index contributed by atoms with van der Waals surface area (Å²) in [7, 11) is -3.83. The van der Waals surface area contributed by atoms with Gasteiger partial charge in [0.05, 0.1) is 29.0 Å². The summed E-state index contributed by atoms with van der Waals surface area (Å²) in [5, 5.41) is 13.0. The number of sulfonamides is 1. The van der Waals surface area contributed by atoms with Crippen LogP contribution in [0, 0.1) is 30.0 Å². The van der Waals surface area contributed by atoms with Gasteiger partial charge in [0.2, 0.25) is 10.0 Å². The number of nitrogens with zero attached hydrogens (tertiary/aromatic N) is 4. The van der Waals surface area contributed by atoms with E-state index in [0.717, 1.165) is 50.5 Å². The molecule has 0 saturated heterocycles. The Morgan fingerprint density at radius 3 is 2.61 bits per heavy atom. The van der Waals surface area contributed by atoms with Crippen LogP contribution in [-0.4, -0.2) is 47.4 Å². The molecule has 1 aromatic heterocycles. The summed E-state index contributed by atoms with van der Waals surface area (Å²) in [6.07, 6.45) is 6.97. The number of carbonyl (C=O) groups is 1. The van der Waals surface area contributed by atoms with Gasteiger partial charge in [-0.1, -0.05) is 11.6 Å². The van der Waals surface area contributed by atoms with Crippen molar-refractivity contribution in [3.05, 3.63) is 34.4 Å². The van der Waals surface area contributed by atoms with Gasteiger partial charge in [-0.2, -0.15) is 4.80 Å². The Morgan fingerprint density at radius 1 is 1.30 bits per heavy atom. The van der Waals surface area contributed by atoms with Crippen LogP contribution in [0.5, 0.6) is 5.75 Å². The molecular weight excluding hydrogens is 473 g/mol. The highest BCUT2D eigenvalue weighted by Gasteiger charge is 2.60. The summed E-state index contributed by atoms with van der Waals surface area (Å²) in [5.41, 5.74) is -0.728. The molecule has 0 aliphatic heterocycles. The minimum absolute atomic E-state index is 0.0445. The topological polar surface area (TPSA) is 116 Å². The molecule has 1 aromatic carbocycles. The number of tetrazole rings is 1. The molecule has 33 heavy (non-hydrogen) atoms. The standard InChI is InChI=1S/C21H25ClFN5O4S/c1-12-24-27-28(25-12)21-8-13-3-14(9-21)7-20(6-13,10-21)11-32-18-5-17(23)15(4-16(18)22)19(29)26-33(2,30)31/h4-5,13-14H,3,6-11H2,1-2H3,(H,26,29). The minimum Gasteiger partial charge on any atom is -0.491 e. The molecule has 4 fully saturated rings. The number of aryl methyl sites for hydroxylation is 1. The SMILES string of the molecule is Cc1nnn(C23CC4CC(CC(COc5cc(F)c(C(=O)NS(C)(=O)=O)cc5Cl)(C4)C2)C3)n1. The van der Waals surface area contributed by atoms with E-state index < -0.39 is 27.3 Å². The highest BCUT2D eigenvalue weighted by molar-refractivity contribution is 7.89. The van der Waals surface area contributed by atoms with Gasteiger partial charge < -0.3 is 4.74 Å². The fourth-order valence-electron chi connectivity index (χ4n) is 6.56. The number of halogens is 2. The van der Waals surface area contributed by atoms with Crippen LogP contribution < -0.4 is 9.46 Å². The largest absolute Gasteiger partial charge is 0.491 e. The minimum atomic E-state index is -3.83. The molecule has 9 nitrogen and oxygen atoms in total. The van der Waals surface area contributed by atoms with Crippen molar-refractivity contribution < 1.29 is 22.3 Å². The van der Waals surface area contributed by atoms with Crippen LogP contribution in [0.4, 0.5) is 4.39 Å². The number of amides is 1. The van der Waals surface area contributed by atoms with E-state index in [1.807, 2.05) is 6.92 Å². The third-order valence-corrected chi connectivity index (χ3v) is 8.02. The van der Waals surface area contributed by atoms with Gasteiger partial charge in [-0.3, -0.25) is 4.79 Å². The van der Waals surface area contributed by atoms with Crippen LogP contribution in [0.1, 0.15) is 54.7 Å². The van der Waals surface area contributed by atoms with Crippen molar-refractivity contribution in [1.29, 1.82) is 0 Å². The lowest BCUT2D eigenvalue weighted by molar-refractivity contribution is -0.126. The number of benzene rings is 1. The number of ether oxygens (including phenoxy) is 1. The van der Waals surface area contributed by atoms with Crippen molar-refractivity contribution >= 4 is 27.5 Å². The summed E-state index contributed by atoms with van der Waals surface area (Å²) < 4.78 is 45.0. The average molecular weight is 498 g/mol. The van der Waals surface area contributed by atoms with E-state index in [4.69, 9.17) is 16.3 Å². The molecule has 4 aliphatic rings. The summed E-state index contributed by atoms with van der Waals surface area (Å²) in [5.74, 6) is -0.101. The fraction of sp³-hybridized carbons (Fsp3) is 0.619. The number of hydrogen-bond acceptors (Lipinski definition) is 7. The Balaban J connectivity index is 1.36. The quantitative estimate of drug-likeness (QED) is 0.652. The van der Waals surface area contributed by atoms with Gasteiger partial charge in [-0.15, -0.1) is 10.2 Å². The second-order valence-electron chi connectivity index (χ2n) is 10.1. The van der Waals surface area contributed by atoms with Crippen molar-refractivity contribution in [3.63, 3.8) is 0 Å². The van der Waals surface area contributed by atoms with Gasteiger partial charge in [0, 0.05) is 11.5 Å². The molecule has 2 atom stereocenters. The molecule has 2 aromatic rings. The van der Waals surface area contributed by atoms with Crippen molar-refractivity contribution in [2.75, 3.05) is 12.9 Å². The van der Waals surface area contributed by atoms with Crippen LogP contribution >= 0.6 is 11.6 Å². The van der Waals surface area contributed by atoms with E-state index in [1.165, 1.54) is 6.42 Å². The average Bonchev–Trinajstić information content (AvgIpc) is 3.13. The van der Waals surface area contributed by atoms with Crippen molar-refractivity contribution in [2.45, 2.75) is 51.0 Å². The number of carbonyl (C=O) groups excluding carboxylic acids is 1. The summed E-state index contributed by atoms with van der Waals surface area (Å²) >= 11 is 6.28. The first-order chi connectivity index (χ1) is 15.5. The molecule has 6 rings (SSSR count). The zero-order chi connectivity index (χ0) is 23.6. The predicted octanol–water partition coefficient (Wildman–Crippen LogP) is 2.84. The smallest absolute Gasteiger partial charge is 0.267 e. The maximum absolute atomic E-state index is 14.6. The maximum atomic E-state index is 14.6. The van der Waals surface area contributed by atoms with E-state index in [1.54, 1.807) is 9.52 Å². The normalized spacial score (nSPS) is 30.4. The Labute approximate surface area is 196 Å². The lowest BCUT2D eigenvalue weighted by atomic mass is 9.47. The lowest BCUT2D eigenvalue weighted by Crippen LogP contribution is -2.58. The van der Waals surface area contributed by atoms with Crippen LogP contribution in [0.25, 0.3) is 0 Å². The van der Waals surface area contributed by atoms with Gasteiger partial charge >= 0.3 is 0 Å². The first-order valence-electron chi connectivity index (χ1n) is 10.9. The van der Waals surface area contributed by atoms with Gasteiger partial charge in [-0.05, 0) is 68.6 Å². The molecular formula is C21H25ClFN5O4S. The van der Waals surface area contributed by atoms with Crippen molar-refractivity contribution in [3.8, 4) is 5.75 Å². The molecule has 4 saturated carbocycles. The third kappa shape index (κ3) is 4.21.